The molecule has 0 aliphatic carbocycles. The van der Waals surface area contributed by atoms with Crippen molar-refractivity contribution >= 4 is 0 Å². The van der Waals surface area contributed by atoms with Gasteiger partial charge in [-0.25, -0.2) is 0 Å². The van der Waals surface area contributed by atoms with Crippen LogP contribution in [0.15, 0.2) is 24.3 Å². The molecule has 0 amide bonds. The van der Waals surface area contributed by atoms with Crippen molar-refractivity contribution in [1.82, 2.24) is 5.32 Å². The zero-order chi connectivity index (χ0) is 8.39. The normalized spacial score (nSPS) is 21.9. The second-order valence-corrected chi connectivity index (χ2v) is 3.26. The van der Waals surface area contributed by atoms with E-state index in [-0.39, 0.29) is 0 Å². The molecule has 2 nitrogen and oxygen atoms in total. The molecular weight excluding hydrogens is 148 g/mol. The fourth-order valence-corrected chi connectivity index (χ4v) is 1.79. The van der Waals surface area contributed by atoms with E-state index in [0.717, 1.165) is 19.6 Å². The van der Waals surface area contributed by atoms with Gasteiger partial charge in [0.05, 0.1) is 0 Å². The summed E-state index contributed by atoms with van der Waals surface area (Å²) in [4.78, 5) is 0. The third-order valence-corrected chi connectivity index (χ3v) is 2.49. The third-order valence-electron chi connectivity index (χ3n) is 2.49. The van der Waals surface area contributed by atoms with Crippen molar-refractivity contribution in [3.8, 4) is 0 Å². The van der Waals surface area contributed by atoms with Gasteiger partial charge in [-0.15, -0.1) is 0 Å². The second kappa shape index (κ2) is 3.25. The zero-order valence-electron chi connectivity index (χ0n) is 7.09. The van der Waals surface area contributed by atoms with E-state index in [1.165, 1.54) is 11.1 Å². The van der Waals surface area contributed by atoms with Crippen LogP contribution in [-0.4, -0.2) is 13.1 Å². The lowest BCUT2D eigenvalue weighted by molar-refractivity contribution is 0.547. The number of hydrogen-bond donors (Lipinski definition) is 2. The molecule has 0 saturated heterocycles. The minimum Gasteiger partial charge on any atom is -0.330 e. The van der Waals surface area contributed by atoms with E-state index in [2.05, 4.69) is 29.6 Å². The highest BCUT2D eigenvalue weighted by Gasteiger charge is 2.16. The van der Waals surface area contributed by atoms with Crippen molar-refractivity contribution in [2.75, 3.05) is 13.1 Å². The quantitative estimate of drug-likeness (QED) is 0.642. The van der Waals surface area contributed by atoms with Crippen LogP contribution < -0.4 is 11.1 Å². The van der Waals surface area contributed by atoms with Crippen molar-refractivity contribution in [3.05, 3.63) is 35.4 Å². The Morgan fingerprint density at radius 1 is 1.42 bits per heavy atom. The number of nitrogens with two attached hydrogens (primary N) is 1. The molecule has 64 valence electrons. The molecule has 2 heteroatoms. The standard InChI is InChI=1S/C10H14N2/c11-5-9-7-12-6-8-3-1-2-4-10(8)9/h1-4,9,12H,5-7,11H2/t9-/m0/s1. The summed E-state index contributed by atoms with van der Waals surface area (Å²) in [7, 11) is 0. The molecular formula is C10H14N2. The largest absolute Gasteiger partial charge is 0.330 e. The second-order valence-electron chi connectivity index (χ2n) is 3.26. The lowest BCUT2D eigenvalue weighted by Crippen LogP contribution is -2.32. The first kappa shape index (κ1) is 7.77. The van der Waals surface area contributed by atoms with Crippen LogP contribution in [-0.2, 0) is 6.54 Å². The Balaban J connectivity index is 2.37. The lowest BCUT2D eigenvalue weighted by Gasteiger charge is -2.24. The van der Waals surface area contributed by atoms with Crippen LogP contribution in [0.2, 0.25) is 0 Å². The maximum absolute atomic E-state index is 5.68. The Morgan fingerprint density at radius 2 is 2.25 bits per heavy atom. The average molecular weight is 162 g/mol. The van der Waals surface area contributed by atoms with Crippen LogP contribution in [0.3, 0.4) is 0 Å². The Morgan fingerprint density at radius 3 is 3.08 bits per heavy atom. The minimum absolute atomic E-state index is 0.509. The zero-order valence-corrected chi connectivity index (χ0v) is 7.09. The molecule has 0 spiro atoms. The molecule has 0 fully saturated rings. The Labute approximate surface area is 72.8 Å². The molecule has 1 heterocycles. The van der Waals surface area contributed by atoms with E-state index < -0.39 is 0 Å². The van der Waals surface area contributed by atoms with Crippen LogP contribution in [0.1, 0.15) is 17.0 Å². The van der Waals surface area contributed by atoms with Gasteiger partial charge in [0.1, 0.15) is 0 Å². The first-order valence-electron chi connectivity index (χ1n) is 4.40. The van der Waals surface area contributed by atoms with Crippen LogP contribution in [0, 0.1) is 0 Å². The van der Waals surface area contributed by atoms with E-state index in [9.17, 15) is 0 Å². The van der Waals surface area contributed by atoms with Crippen molar-refractivity contribution < 1.29 is 0 Å². The number of nitrogens with one attached hydrogen (secondary N) is 1. The summed E-state index contributed by atoms with van der Waals surface area (Å²) in [5.74, 6) is 0.509. The van der Waals surface area contributed by atoms with Gasteiger partial charge in [0.2, 0.25) is 0 Å². The summed E-state index contributed by atoms with van der Waals surface area (Å²) < 4.78 is 0. The number of hydrogen-bond acceptors (Lipinski definition) is 2. The molecule has 0 unspecified atom stereocenters. The highest BCUT2D eigenvalue weighted by Crippen LogP contribution is 2.22. The fourth-order valence-electron chi connectivity index (χ4n) is 1.79. The number of fused-ring (bicyclic) bond motifs is 1. The molecule has 0 saturated carbocycles. The SMILES string of the molecule is NC[C@H]1CNCc2ccccc21. The van der Waals surface area contributed by atoms with Crippen LogP contribution >= 0.6 is 0 Å². The van der Waals surface area contributed by atoms with Crippen LogP contribution in [0.25, 0.3) is 0 Å². The minimum atomic E-state index is 0.509. The van der Waals surface area contributed by atoms with E-state index in [1.54, 1.807) is 0 Å². The predicted molar refractivity (Wildman–Crippen MR) is 49.9 cm³/mol. The smallest absolute Gasteiger partial charge is 0.0208 e. The van der Waals surface area contributed by atoms with Crippen molar-refractivity contribution in [1.29, 1.82) is 0 Å². The van der Waals surface area contributed by atoms with Gasteiger partial charge >= 0.3 is 0 Å². The van der Waals surface area contributed by atoms with Gasteiger partial charge in [-0.3, -0.25) is 0 Å². The summed E-state index contributed by atoms with van der Waals surface area (Å²) in [6.45, 7) is 2.75. The monoisotopic (exact) mass is 162 g/mol. The Hall–Kier alpha value is -0.860. The number of rotatable bonds is 1. The molecule has 0 aromatic heterocycles. The van der Waals surface area contributed by atoms with Gasteiger partial charge in [0.15, 0.2) is 0 Å². The summed E-state index contributed by atoms with van der Waals surface area (Å²) in [6.07, 6.45) is 0. The maximum atomic E-state index is 5.68. The Kier molecular flexibility index (Phi) is 2.11. The third kappa shape index (κ3) is 1.24. The topological polar surface area (TPSA) is 38.0 Å². The van der Waals surface area contributed by atoms with Crippen LogP contribution in [0.4, 0.5) is 0 Å². The van der Waals surface area contributed by atoms with Gasteiger partial charge in [0, 0.05) is 25.6 Å². The van der Waals surface area contributed by atoms with E-state index in [1.807, 2.05) is 0 Å². The van der Waals surface area contributed by atoms with Crippen molar-refractivity contribution in [2.45, 2.75) is 12.5 Å². The molecule has 3 N–H and O–H groups in total. The van der Waals surface area contributed by atoms with Gasteiger partial charge in [-0.05, 0) is 11.1 Å². The summed E-state index contributed by atoms with van der Waals surface area (Å²) in [5, 5.41) is 3.36. The molecule has 12 heavy (non-hydrogen) atoms. The van der Waals surface area contributed by atoms with Gasteiger partial charge in [-0.1, -0.05) is 24.3 Å². The predicted octanol–water partition coefficient (Wildman–Crippen LogP) is 0.832. The van der Waals surface area contributed by atoms with Crippen LogP contribution in [0.5, 0.6) is 0 Å². The van der Waals surface area contributed by atoms with E-state index in [0.29, 0.717) is 5.92 Å². The molecule has 0 bridgehead atoms. The molecule has 1 aliphatic heterocycles. The molecule has 2 rings (SSSR count). The first-order chi connectivity index (χ1) is 5.92. The van der Waals surface area contributed by atoms with Crippen molar-refractivity contribution in [2.24, 2.45) is 5.73 Å². The van der Waals surface area contributed by atoms with Gasteiger partial charge in [0.25, 0.3) is 0 Å². The van der Waals surface area contributed by atoms with Gasteiger partial charge < -0.3 is 11.1 Å². The van der Waals surface area contributed by atoms with Gasteiger partial charge in [-0.2, -0.15) is 0 Å². The molecule has 1 aromatic rings. The summed E-state index contributed by atoms with van der Waals surface area (Å²) >= 11 is 0. The molecule has 1 aliphatic rings. The Bertz CT molecular complexity index is 270. The lowest BCUT2D eigenvalue weighted by atomic mass is 9.91. The maximum Gasteiger partial charge on any atom is 0.0208 e. The van der Waals surface area contributed by atoms with E-state index >= 15 is 0 Å². The molecule has 1 aromatic carbocycles. The van der Waals surface area contributed by atoms with Crippen molar-refractivity contribution in [3.63, 3.8) is 0 Å². The number of benzene rings is 1. The highest BCUT2D eigenvalue weighted by molar-refractivity contribution is 5.32. The fraction of sp³-hybridized carbons (Fsp3) is 0.400. The first-order valence-corrected chi connectivity index (χ1v) is 4.40. The molecule has 0 radical (unpaired) electrons. The summed E-state index contributed by atoms with van der Waals surface area (Å²) in [6, 6.07) is 8.53. The molecule has 1 atom stereocenters. The average Bonchev–Trinajstić information content (AvgIpc) is 2.17. The summed E-state index contributed by atoms with van der Waals surface area (Å²) in [5.41, 5.74) is 8.51. The highest BCUT2D eigenvalue weighted by atomic mass is 14.9. The van der Waals surface area contributed by atoms with E-state index in [4.69, 9.17) is 5.73 Å².